The molecule has 23 heavy (non-hydrogen) atoms. The number of nitro groups is 1. The summed E-state index contributed by atoms with van der Waals surface area (Å²) in [7, 11) is 1.15. The number of esters is 1. The number of nitrogens with zero attached hydrogens (tertiary/aromatic N) is 1. The lowest BCUT2D eigenvalue weighted by Gasteiger charge is -2.20. The Balaban J connectivity index is 2.11. The number of rotatable bonds is 5. The van der Waals surface area contributed by atoms with Gasteiger partial charge in [0.05, 0.1) is 12.0 Å². The molecule has 1 aliphatic heterocycles. The van der Waals surface area contributed by atoms with Crippen LogP contribution < -0.4 is 5.32 Å². The summed E-state index contributed by atoms with van der Waals surface area (Å²) >= 11 is 1.29. The number of carbonyl (C=O) groups is 3. The highest BCUT2D eigenvalue weighted by atomic mass is 32.2. The van der Waals surface area contributed by atoms with Crippen molar-refractivity contribution in [3.05, 3.63) is 33.9 Å². The molecule has 1 aromatic carbocycles. The molecule has 1 saturated heterocycles. The van der Waals surface area contributed by atoms with Crippen molar-refractivity contribution in [1.29, 1.82) is 0 Å². The zero-order valence-electron chi connectivity index (χ0n) is 12.2. The average Bonchev–Trinajstić information content (AvgIpc) is 2.52. The van der Waals surface area contributed by atoms with Crippen LogP contribution in [0.4, 0.5) is 5.69 Å². The smallest absolute Gasteiger partial charge is 0.344 e. The Morgan fingerprint density at radius 3 is 2.83 bits per heavy atom. The fourth-order valence-electron chi connectivity index (χ4n) is 2.13. The predicted octanol–water partition coefficient (Wildman–Crippen LogP) is 1.53. The SMILES string of the molecule is COC(=O)c1cc(SCC2CCC(=O)NC2=O)ccc1[N+](=O)[O-]. The summed E-state index contributed by atoms with van der Waals surface area (Å²) in [5.41, 5.74) is -0.465. The lowest BCUT2D eigenvalue weighted by Crippen LogP contribution is -2.41. The molecule has 9 heteroatoms. The summed E-state index contributed by atoms with van der Waals surface area (Å²) in [6, 6.07) is 4.13. The lowest BCUT2D eigenvalue weighted by atomic mass is 10.0. The van der Waals surface area contributed by atoms with Gasteiger partial charge in [-0.25, -0.2) is 4.79 Å². The molecule has 1 aromatic rings. The highest BCUT2D eigenvalue weighted by Crippen LogP contribution is 2.29. The van der Waals surface area contributed by atoms with Gasteiger partial charge in [0.2, 0.25) is 11.8 Å². The van der Waals surface area contributed by atoms with Gasteiger partial charge in [-0.05, 0) is 18.6 Å². The molecular weight excluding hydrogens is 324 g/mol. The highest BCUT2D eigenvalue weighted by molar-refractivity contribution is 7.99. The molecule has 1 fully saturated rings. The van der Waals surface area contributed by atoms with E-state index < -0.39 is 10.9 Å². The summed E-state index contributed by atoms with van der Waals surface area (Å²) in [5, 5.41) is 13.2. The number of thioether (sulfide) groups is 1. The van der Waals surface area contributed by atoms with Crippen LogP contribution in [-0.2, 0) is 14.3 Å². The Bertz CT molecular complexity index is 675. The quantitative estimate of drug-likeness (QED) is 0.284. The molecule has 1 N–H and O–H groups in total. The molecule has 0 saturated carbocycles. The number of nitrogens with one attached hydrogen (secondary N) is 1. The Kier molecular flexibility index (Phi) is 5.32. The van der Waals surface area contributed by atoms with Gasteiger partial charge in [-0.15, -0.1) is 11.8 Å². The van der Waals surface area contributed by atoms with Crippen molar-refractivity contribution in [2.75, 3.05) is 12.9 Å². The van der Waals surface area contributed by atoms with E-state index in [1.54, 1.807) is 0 Å². The maximum Gasteiger partial charge on any atom is 0.344 e. The molecule has 1 aliphatic rings. The summed E-state index contributed by atoms with van der Waals surface area (Å²) in [4.78, 5) is 45.3. The molecule has 0 radical (unpaired) electrons. The number of methoxy groups -OCH3 is 1. The van der Waals surface area contributed by atoms with E-state index in [0.717, 1.165) is 7.11 Å². The minimum atomic E-state index is -0.792. The number of benzene rings is 1. The molecule has 122 valence electrons. The van der Waals surface area contributed by atoms with E-state index in [1.165, 1.54) is 30.0 Å². The third kappa shape index (κ3) is 4.07. The van der Waals surface area contributed by atoms with E-state index in [1.807, 2.05) is 0 Å². The number of hydrogen-bond acceptors (Lipinski definition) is 7. The van der Waals surface area contributed by atoms with Crippen LogP contribution in [0.5, 0.6) is 0 Å². The van der Waals surface area contributed by atoms with E-state index in [4.69, 9.17) is 0 Å². The first-order chi connectivity index (χ1) is 10.9. The zero-order valence-corrected chi connectivity index (χ0v) is 13.1. The zero-order chi connectivity index (χ0) is 17.0. The van der Waals surface area contributed by atoms with Crippen LogP contribution in [0, 0.1) is 16.0 Å². The van der Waals surface area contributed by atoms with E-state index in [2.05, 4.69) is 10.1 Å². The maximum atomic E-state index is 11.7. The molecule has 1 unspecified atom stereocenters. The van der Waals surface area contributed by atoms with Crippen LogP contribution in [0.1, 0.15) is 23.2 Å². The predicted molar refractivity (Wildman–Crippen MR) is 81.0 cm³/mol. The van der Waals surface area contributed by atoms with Crippen molar-refractivity contribution in [3.8, 4) is 0 Å². The molecular formula is C14H14N2O6S. The first kappa shape index (κ1) is 16.9. The molecule has 1 heterocycles. The largest absolute Gasteiger partial charge is 0.465 e. The Hall–Kier alpha value is -2.42. The van der Waals surface area contributed by atoms with Crippen LogP contribution in [0.25, 0.3) is 0 Å². The summed E-state index contributed by atoms with van der Waals surface area (Å²) in [6.07, 6.45) is 0.763. The number of piperidine rings is 1. The van der Waals surface area contributed by atoms with Gasteiger partial charge in [-0.3, -0.25) is 25.0 Å². The van der Waals surface area contributed by atoms with Gasteiger partial charge in [0, 0.05) is 29.1 Å². The van der Waals surface area contributed by atoms with Gasteiger partial charge in [0.1, 0.15) is 5.56 Å². The standard InChI is InChI=1S/C14H14N2O6S/c1-22-14(19)10-6-9(3-4-11(10)16(20)21)23-7-8-2-5-12(17)15-13(8)18/h3-4,6,8H,2,5,7H2,1H3,(H,15,17,18). The first-order valence-corrected chi connectivity index (χ1v) is 7.74. The fourth-order valence-corrected chi connectivity index (χ4v) is 3.21. The van der Waals surface area contributed by atoms with Gasteiger partial charge in [0.15, 0.2) is 0 Å². The topological polar surface area (TPSA) is 116 Å². The van der Waals surface area contributed by atoms with E-state index in [-0.39, 0.29) is 29.0 Å². The van der Waals surface area contributed by atoms with Crippen molar-refractivity contribution in [3.63, 3.8) is 0 Å². The van der Waals surface area contributed by atoms with Crippen LogP contribution in [0.2, 0.25) is 0 Å². The minimum absolute atomic E-state index is 0.134. The number of nitro benzene ring substituents is 1. The Morgan fingerprint density at radius 2 is 2.22 bits per heavy atom. The first-order valence-electron chi connectivity index (χ1n) is 6.75. The summed E-state index contributed by atoms with van der Waals surface area (Å²) in [6.45, 7) is 0. The van der Waals surface area contributed by atoms with Gasteiger partial charge in [-0.1, -0.05) is 0 Å². The number of hydrogen-bond donors (Lipinski definition) is 1. The molecule has 0 aliphatic carbocycles. The third-order valence-corrected chi connectivity index (χ3v) is 4.53. The normalized spacial score (nSPS) is 17.5. The van der Waals surface area contributed by atoms with E-state index in [9.17, 15) is 24.5 Å². The van der Waals surface area contributed by atoms with Crippen molar-refractivity contribution in [2.45, 2.75) is 17.7 Å². The second-order valence-electron chi connectivity index (χ2n) is 4.89. The van der Waals surface area contributed by atoms with Crippen LogP contribution >= 0.6 is 11.8 Å². The fraction of sp³-hybridized carbons (Fsp3) is 0.357. The van der Waals surface area contributed by atoms with Gasteiger partial charge in [-0.2, -0.15) is 0 Å². The van der Waals surface area contributed by atoms with Crippen molar-refractivity contribution in [1.82, 2.24) is 5.32 Å². The van der Waals surface area contributed by atoms with Gasteiger partial charge < -0.3 is 4.74 Å². The van der Waals surface area contributed by atoms with E-state index >= 15 is 0 Å². The Morgan fingerprint density at radius 1 is 1.48 bits per heavy atom. The third-order valence-electron chi connectivity index (χ3n) is 3.37. The molecule has 0 spiro atoms. The van der Waals surface area contributed by atoms with Crippen LogP contribution in [0.3, 0.4) is 0 Å². The molecule has 0 bridgehead atoms. The van der Waals surface area contributed by atoms with Crippen LogP contribution in [0.15, 0.2) is 23.1 Å². The highest BCUT2D eigenvalue weighted by Gasteiger charge is 2.27. The lowest BCUT2D eigenvalue weighted by molar-refractivity contribution is -0.385. The van der Waals surface area contributed by atoms with Gasteiger partial charge >= 0.3 is 5.97 Å². The molecule has 0 aromatic heterocycles. The van der Waals surface area contributed by atoms with E-state index in [0.29, 0.717) is 23.5 Å². The van der Waals surface area contributed by atoms with Gasteiger partial charge in [0.25, 0.3) is 5.69 Å². The van der Waals surface area contributed by atoms with Crippen LogP contribution in [-0.4, -0.2) is 35.6 Å². The molecule has 1 atom stereocenters. The molecule has 2 rings (SSSR count). The molecule has 2 amide bonds. The Labute approximate surface area is 135 Å². The average molecular weight is 338 g/mol. The minimum Gasteiger partial charge on any atom is -0.465 e. The maximum absolute atomic E-state index is 11.7. The van der Waals surface area contributed by atoms with Crippen molar-refractivity contribution >= 4 is 35.2 Å². The second-order valence-corrected chi connectivity index (χ2v) is 5.98. The van der Waals surface area contributed by atoms with Crippen molar-refractivity contribution < 1.29 is 24.0 Å². The monoisotopic (exact) mass is 338 g/mol. The van der Waals surface area contributed by atoms with Crippen molar-refractivity contribution in [2.24, 2.45) is 5.92 Å². The second kappa shape index (κ2) is 7.23. The number of carbonyl (C=O) groups excluding carboxylic acids is 3. The summed E-state index contributed by atoms with van der Waals surface area (Å²) in [5.74, 6) is -1.28. The number of ether oxygens (including phenoxy) is 1. The number of imide groups is 1. The molecule has 8 nitrogen and oxygen atoms in total. The summed E-state index contributed by atoms with van der Waals surface area (Å²) < 4.78 is 4.55. The number of amides is 2.